The molecular weight excluding hydrogens is 374 g/mol. The van der Waals surface area contributed by atoms with Gasteiger partial charge in [-0.3, -0.25) is 4.99 Å². The van der Waals surface area contributed by atoms with E-state index in [4.69, 9.17) is 4.74 Å². The van der Waals surface area contributed by atoms with Crippen LogP contribution in [-0.2, 0) is 0 Å². The molecule has 6 nitrogen and oxygen atoms in total. The van der Waals surface area contributed by atoms with Crippen molar-refractivity contribution >= 4 is 5.96 Å². The number of aliphatic imine (C=N–C) groups is 1. The van der Waals surface area contributed by atoms with Crippen molar-refractivity contribution in [2.45, 2.75) is 40.7 Å². The minimum Gasteiger partial charge on any atom is -0.493 e. The molecule has 0 radical (unpaired) electrons. The summed E-state index contributed by atoms with van der Waals surface area (Å²) in [5, 5.41) is 7.00. The molecule has 1 aliphatic rings. The van der Waals surface area contributed by atoms with Gasteiger partial charge in [0.2, 0.25) is 0 Å². The van der Waals surface area contributed by atoms with Crippen LogP contribution in [0.2, 0.25) is 0 Å². The molecule has 1 saturated heterocycles. The molecule has 170 valence electrons. The van der Waals surface area contributed by atoms with E-state index in [1.807, 2.05) is 19.2 Å². The fourth-order valence-corrected chi connectivity index (χ4v) is 3.66. The minimum absolute atomic E-state index is 0.174. The van der Waals surface area contributed by atoms with Crippen molar-refractivity contribution < 1.29 is 4.74 Å². The second kappa shape index (κ2) is 12.8. The molecule has 0 aliphatic carbocycles. The molecule has 0 saturated carbocycles. The number of piperazine rings is 1. The van der Waals surface area contributed by atoms with Crippen molar-refractivity contribution in [3.63, 3.8) is 0 Å². The Hall–Kier alpha value is -1.79. The first-order chi connectivity index (χ1) is 14.4. The molecule has 1 aromatic rings. The third-order valence-corrected chi connectivity index (χ3v) is 5.64. The standard InChI is InChI=1S/C24H43N5O/c1-7-28-12-14-29(15-13-28)17-20(4)16-26-24(25-6)27-21(5)22-8-10-23(11-9-22)30-18-19(2)3/h8-11,19-21H,7,12-18H2,1-6H3,(H2,25,26,27). The molecular formula is C24H43N5O. The summed E-state index contributed by atoms with van der Waals surface area (Å²) in [4.78, 5) is 9.52. The van der Waals surface area contributed by atoms with E-state index in [1.165, 1.54) is 38.3 Å². The Bertz CT molecular complexity index is 623. The van der Waals surface area contributed by atoms with Crippen LogP contribution in [0, 0.1) is 11.8 Å². The Morgan fingerprint density at radius 3 is 2.23 bits per heavy atom. The highest BCUT2D eigenvalue weighted by Crippen LogP contribution is 2.18. The van der Waals surface area contributed by atoms with Crippen LogP contribution in [0.1, 0.15) is 46.2 Å². The SMILES string of the molecule is CCN1CCN(CC(C)CNC(=NC)NC(C)c2ccc(OCC(C)C)cc2)CC1. The average Bonchev–Trinajstić information content (AvgIpc) is 2.75. The number of hydrogen-bond donors (Lipinski definition) is 2. The van der Waals surface area contributed by atoms with Crippen LogP contribution in [0.4, 0.5) is 0 Å². The summed E-state index contributed by atoms with van der Waals surface area (Å²) in [5.41, 5.74) is 1.22. The fraction of sp³-hybridized carbons (Fsp3) is 0.708. The fourth-order valence-electron chi connectivity index (χ4n) is 3.66. The van der Waals surface area contributed by atoms with Crippen molar-refractivity contribution in [1.29, 1.82) is 0 Å². The van der Waals surface area contributed by atoms with Crippen LogP contribution in [-0.4, -0.2) is 75.2 Å². The van der Waals surface area contributed by atoms with Gasteiger partial charge >= 0.3 is 0 Å². The summed E-state index contributed by atoms with van der Waals surface area (Å²) in [7, 11) is 1.83. The van der Waals surface area contributed by atoms with Crippen LogP contribution < -0.4 is 15.4 Å². The zero-order chi connectivity index (χ0) is 21.9. The van der Waals surface area contributed by atoms with Crippen molar-refractivity contribution in [2.24, 2.45) is 16.8 Å². The maximum absolute atomic E-state index is 5.78. The van der Waals surface area contributed by atoms with Crippen molar-refractivity contribution in [1.82, 2.24) is 20.4 Å². The lowest BCUT2D eigenvalue weighted by molar-refractivity contribution is 0.124. The summed E-state index contributed by atoms with van der Waals surface area (Å²) in [6, 6.07) is 8.52. The highest BCUT2D eigenvalue weighted by molar-refractivity contribution is 5.80. The van der Waals surface area contributed by atoms with Crippen molar-refractivity contribution in [3.8, 4) is 5.75 Å². The minimum atomic E-state index is 0.174. The predicted octanol–water partition coefficient (Wildman–Crippen LogP) is 3.22. The van der Waals surface area contributed by atoms with Gasteiger partial charge in [0.1, 0.15) is 5.75 Å². The van der Waals surface area contributed by atoms with Crippen molar-refractivity contribution in [3.05, 3.63) is 29.8 Å². The highest BCUT2D eigenvalue weighted by atomic mass is 16.5. The van der Waals surface area contributed by atoms with E-state index >= 15 is 0 Å². The molecule has 0 amide bonds. The van der Waals surface area contributed by atoms with Crippen LogP contribution in [0.15, 0.2) is 29.3 Å². The maximum atomic E-state index is 5.78. The number of guanidine groups is 1. The topological polar surface area (TPSA) is 52.1 Å². The summed E-state index contributed by atoms with van der Waals surface area (Å²) >= 11 is 0. The monoisotopic (exact) mass is 417 g/mol. The Labute approximate surface area is 184 Å². The van der Waals surface area contributed by atoms with Crippen LogP contribution in [0.25, 0.3) is 0 Å². The van der Waals surface area contributed by atoms with E-state index in [0.717, 1.165) is 31.4 Å². The summed E-state index contributed by atoms with van der Waals surface area (Å²) in [5.74, 6) is 2.88. The molecule has 6 heteroatoms. The number of nitrogens with one attached hydrogen (secondary N) is 2. The van der Waals surface area contributed by atoms with E-state index in [9.17, 15) is 0 Å². The first-order valence-corrected chi connectivity index (χ1v) is 11.6. The number of benzene rings is 1. The Balaban J connectivity index is 1.74. The lowest BCUT2D eigenvalue weighted by Crippen LogP contribution is -2.48. The highest BCUT2D eigenvalue weighted by Gasteiger charge is 2.17. The zero-order valence-corrected chi connectivity index (χ0v) is 19.9. The van der Waals surface area contributed by atoms with Crippen LogP contribution in [0.3, 0.4) is 0 Å². The number of nitrogens with zero attached hydrogens (tertiary/aromatic N) is 3. The van der Waals surface area contributed by atoms with Gasteiger partial charge in [-0.05, 0) is 43.0 Å². The number of rotatable bonds is 10. The third kappa shape index (κ3) is 8.52. The molecule has 0 bridgehead atoms. The maximum Gasteiger partial charge on any atom is 0.191 e. The normalized spacial score (nSPS) is 18.3. The molecule has 2 atom stereocenters. The molecule has 2 N–H and O–H groups in total. The average molecular weight is 418 g/mol. The van der Waals surface area contributed by atoms with E-state index in [-0.39, 0.29) is 6.04 Å². The van der Waals surface area contributed by atoms with Gasteiger partial charge in [0.15, 0.2) is 5.96 Å². The number of hydrogen-bond acceptors (Lipinski definition) is 4. The van der Waals surface area contributed by atoms with Crippen molar-refractivity contribution in [2.75, 3.05) is 59.5 Å². The van der Waals surface area contributed by atoms with Gasteiger partial charge in [0.05, 0.1) is 12.6 Å². The lowest BCUT2D eigenvalue weighted by atomic mass is 10.1. The van der Waals surface area contributed by atoms with Gasteiger partial charge in [-0.2, -0.15) is 0 Å². The molecule has 30 heavy (non-hydrogen) atoms. The Morgan fingerprint density at radius 1 is 1.03 bits per heavy atom. The first kappa shape index (κ1) is 24.5. The second-order valence-corrected chi connectivity index (χ2v) is 8.93. The van der Waals surface area contributed by atoms with Gasteiger partial charge in [-0.1, -0.05) is 39.8 Å². The molecule has 1 aromatic carbocycles. The van der Waals surface area contributed by atoms with Gasteiger partial charge in [-0.25, -0.2) is 0 Å². The molecule has 1 heterocycles. The third-order valence-electron chi connectivity index (χ3n) is 5.64. The Kier molecular flexibility index (Phi) is 10.4. The molecule has 1 aliphatic heterocycles. The molecule has 2 rings (SSSR count). The molecule has 1 fully saturated rings. The van der Waals surface area contributed by atoms with Gasteiger partial charge in [0, 0.05) is 46.3 Å². The first-order valence-electron chi connectivity index (χ1n) is 11.6. The predicted molar refractivity (Wildman–Crippen MR) is 127 cm³/mol. The number of ether oxygens (including phenoxy) is 1. The largest absolute Gasteiger partial charge is 0.493 e. The second-order valence-electron chi connectivity index (χ2n) is 8.93. The van der Waals surface area contributed by atoms with E-state index in [0.29, 0.717) is 11.8 Å². The number of likely N-dealkylation sites (N-methyl/N-ethyl adjacent to an activating group) is 1. The summed E-state index contributed by atoms with van der Waals surface area (Å²) in [6.45, 7) is 19.7. The smallest absolute Gasteiger partial charge is 0.191 e. The molecule has 0 spiro atoms. The van der Waals surface area contributed by atoms with E-state index < -0.39 is 0 Å². The summed E-state index contributed by atoms with van der Waals surface area (Å²) < 4.78 is 5.78. The Morgan fingerprint density at radius 2 is 1.67 bits per heavy atom. The van der Waals surface area contributed by atoms with Gasteiger partial charge < -0.3 is 25.2 Å². The lowest BCUT2D eigenvalue weighted by Gasteiger charge is -2.35. The quantitative estimate of drug-likeness (QED) is 0.452. The van der Waals surface area contributed by atoms with Gasteiger partial charge in [0.25, 0.3) is 0 Å². The van der Waals surface area contributed by atoms with E-state index in [1.54, 1.807) is 0 Å². The van der Waals surface area contributed by atoms with E-state index in [2.05, 4.69) is 72.2 Å². The van der Waals surface area contributed by atoms with Crippen LogP contribution >= 0.6 is 0 Å². The van der Waals surface area contributed by atoms with Crippen LogP contribution in [0.5, 0.6) is 5.75 Å². The molecule has 2 unspecified atom stereocenters. The molecule has 0 aromatic heterocycles. The van der Waals surface area contributed by atoms with Gasteiger partial charge in [-0.15, -0.1) is 0 Å². The zero-order valence-electron chi connectivity index (χ0n) is 19.9. The summed E-state index contributed by atoms with van der Waals surface area (Å²) in [6.07, 6.45) is 0.